The minimum Gasteiger partial charge on any atom is -0.389 e. The van der Waals surface area contributed by atoms with Crippen molar-refractivity contribution >= 4 is 0 Å². The summed E-state index contributed by atoms with van der Waals surface area (Å²) in [6, 6.07) is 0. The van der Waals surface area contributed by atoms with Crippen molar-refractivity contribution < 1.29 is 5.11 Å². The Morgan fingerprint density at radius 3 is 1.74 bits per heavy atom. The Balaban J connectivity index is 1.61. The summed E-state index contributed by atoms with van der Waals surface area (Å²) < 4.78 is 0. The zero-order chi connectivity index (χ0) is 12.7. The molecule has 0 spiro atoms. The van der Waals surface area contributed by atoms with E-state index >= 15 is 0 Å². The van der Waals surface area contributed by atoms with Gasteiger partial charge in [-0.05, 0) is 87.4 Å². The summed E-state index contributed by atoms with van der Waals surface area (Å²) in [6.07, 6.45) is 15.4. The summed E-state index contributed by atoms with van der Waals surface area (Å²) in [6.45, 7) is 0. The predicted molar refractivity (Wildman–Crippen MR) is 75.6 cm³/mol. The highest BCUT2D eigenvalue weighted by Gasteiger charge is 2.70. The Kier molecular flexibility index (Phi) is 2.19. The lowest BCUT2D eigenvalue weighted by molar-refractivity contribution is -0.211. The third-order valence-corrected chi connectivity index (χ3v) is 8.24. The second-order valence-electron chi connectivity index (χ2n) is 8.78. The minimum atomic E-state index is -0.238. The molecule has 6 saturated carbocycles. The van der Waals surface area contributed by atoms with E-state index in [9.17, 15) is 5.11 Å². The standard InChI is InChI=1S/C18H28O/c19-18(14-3-1-4-15(18)6-2-5-14)17-10-12-7-13(11-17)9-16(17)8-12/h12-16,19H,1-11H2. The van der Waals surface area contributed by atoms with Crippen LogP contribution in [0.5, 0.6) is 0 Å². The fourth-order valence-electron chi connectivity index (χ4n) is 7.99. The van der Waals surface area contributed by atoms with Crippen molar-refractivity contribution in [1.82, 2.24) is 0 Å². The highest BCUT2D eigenvalue weighted by atomic mass is 16.3. The molecule has 6 aliphatic rings. The fraction of sp³-hybridized carbons (Fsp3) is 1.00. The number of aliphatic hydroxyl groups is 1. The molecule has 2 unspecified atom stereocenters. The summed E-state index contributed by atoms with van der Waals surface area (Å²) in [7, 11) is 0. The molecule has 106 valence electrons. The lowest BCUT2D eigenvalue weighted by Gasteiger charge is -2.60. The van der Waals surface area contributed by atoms with Crippen molar-refractivity contribution in [3.05, 3.63) is 0 Å². The molecule has 19 heavy (non-hydrogen) atoms. The summed E-state index contributed by atoms with van der Waals surface area (Å²) >= 11 is 0. The van der Waals surface area contributed by atoms with Crippen molar-refractivity contribution in [3.63, 3.8) is 0 Å². The second kappa shape index (κ2) is 3.59. The summed E-state index contributed by atoms with van der Waals surface area (Å²) in [5.41, 5.74) is 0.148. The first-order chi connectivity index (χ1) is 9.22. The topological polar surface area (TPSA) is 20.2 Å². The lowest BCUT2D eigenvalue weighted by Crippen LogP contribution is -2.62. The van der Waals surface area contributed by atoms with Gasteiger partial charge >= 0.3 is 0 Å². The van der Waals surface area contributed by atoms with E-state index in [4.69, 9.17) is 0 Å². The summed E-state index contributed by atoms with van der Waals surface area (Å²) in [4.78, 5) is 0. The van der Waals surface area contributed by atoms with Gasteiger partial charge in [0.15, 0.2) is 0 Å². The van der Waals surface area contributed by atoms with Crippen LogP contribution in [0.1, 0.15) is 70.6 Å². The van der Waals surface area contributed by atoms with Crippen LogP contribution in [0.4, 0.5) is 0 Å². The lowest BCUT2D eigenvalue weighted by atomic mass is 9.49. The predicted octanol–water partition coefficient (Wildman–Crippen LogP) is 4.14. The van der Waals surface area contributed by atoms with Crippen molar-refractivity contribution in [2.75, 3.05) is 0 Å². The molecule has 6 rings (SSSR count). The van der Waals surface area contributed by atoms with Crippen LogP contribution in [0.15, 0.2) is 0 Å². The van der Waals surface area contributed by atoms with Crippen LogP contribution in [-0.4, -0.2) is 10.7 Å². The average molecular weight is 260 g/mol. The maximum Gasteiger partial charge on any atom is 0.0762 e. The van der Waals surface area contributed by atoms with Gasteiger partial charge in [0, 0.05) is 5.41 Å². The number of hydrogen-bond donors (Lipinski definition) is 1. The van der Waals surface area contributed by atoms with Gasteiger partial charge in [-0.1, -0.05) is 12.8 Å². The molecule has 1 N–H and O–H groups in total. The SMILES string of the molecule is OC1(C23CC4CC(CC2C4)C3)C2CCCC1CCC2. The molecule has 1 nitrogen and oxygen atoms in total. The second-order valence-corrected chi connectivity index (χ2v) is 8.78. The molecule has 6 bridgehead atoms. The van der Waals surface area contributed by atoms with Crippen LogP contribution in [0.25, 0.3) is 0 Å². The van der Waals surface area contributed by atoms with E-state index in [1.807, 2.05) is 0 Å². The number of rotatable bonds is 1. The van der Waals surface area contributed by atoms with Crippen LogP contribution < -0.4 is 0 Å². The van der Waals surface area contributed by atoms with E-state index in [1.165, 1.54) is 70.6 Å². The highest BCUT2D eigenvalue weighted by molar-refractivity contribution is 5.20. The normalized spacial score (nSPS) is 62.7. The summed E-state index contributed by atoms with van der Waals surface area (Å²) in [5, 5.41) is 11.9. The molecular weight excluding hydrogens is 232 g/mol. The first-order valence-electron chi connectivity index (χ1n) is 8.95. The molecule has 0 aliphatic heterocycles. The zero-order valence-electron chi connectivity index (χ0n) is 12.1. The summed E-state index contributed by atoms with van der Waals surface area (Å²) in [5.74, 6) is 4.21. The van der Waals surface area contributed by atoms with Gasteiger partial charge in [0.25, 0.3) is 0 Å². The van der Waals surface area contributed by atoms with E-state index in [0.29, 0.717) is 17.3 Å². The number of fused-ring (bicyclic) bond motifs is 2. The Bertz CT molecular complexity index is 364. The highest BCUT2D eigenvalue weighted by Crippen LogP contribution is 2.73. The van der Waals surface area contributed by atoms with Crippen LogP contribution in [0, 0.1) is 35.0 Å². The van der Waals surface area contributed by atoms with Crippen molar-refractivity contribution in [2.45, 2.75) is 76.2 Å². The molecule has 6 aliphatic carbocycles. The smallest absolute Gasteiger partial charge is 0.0762 e. The van der Waals surface area contributed by atoms with Crippen LogP contribution in [0.3, 0.4) is 0 Å². The zero-order valence-corrected chi connectivity index (χ0v) is 12.1. The molecule has 0 aromatic rings. The van der Waals surface area contributed by atoms with Crippen LogP contribution in [-0.2, 0) is 0 Å². The molecule has 0 heterocycles. The third kappa shape index (κ3) is 1.23. The van der Waals surface area contributed by atoms with Crippen molar-refractivity contribution in [3.8, 4) is 0 Å². The molecule has 0 aromatic heterocycles. The van der Waals surface area contributed by atoms with Gasteiger partial charge in [-0.3, -0.25) is 0 Å². The first-order valence-corrected chi connectivity index (χ1v) is 8.95. The van der Waals surface area contributed by atoms with Gasteiger partial charge in [0.1, 0.15) is 0 Å². The Morgan fingerprint density at radius 2 is 1.21 bits per heavy atom. The van der Waals surface area contributed by atoms with Gasteiger partial charge in [0.05, 0.1) is 5.60 Å². The van der Waals surface area contributed by atoms with Gasteiger partial charge in [-0.15, -0.1) is 0 Å². The molecule has 2 atom stereocenters. The fourth-order valence-corrected chi connectivity index (χ4v) is 7.99. The van der Waals surface area contributed by atoms with E-state index in [1.54, 1.807) is 0 Å². The Morgan fingerprint density at radius 1 is 0.684 bits per heavy atom. The first kappa shape index (κ1) is 11.6. The largest absolute Gasteiger partial charge is 0.389 e. The van der Waals surface area contributed by atoms with Gasteiger partial charge < -0.3 is 5.11 Å². The maximum absolute atomic E-state index is 11.9. The van der Waals surface area contributed by atoms with Gasteiger partial charge in [-0.2, -0.15) is 0 Å². The van der Waals surface area contributed by atoms with Crippen LogP contribution >= 0.6 is 0 Å². The van der Waals surface area contributed by atoms with Crippen molar-refractivity contribution in [2.24, 2.45) is 35.0 Å². The Hall–Kier alpha value is -0.0400. The molecule has 1 heteroatoms. The van der Waals surface area contributed by atoms with E-state index in [2.05, 4.69) is 0 Å². The van der Waals surface area contributed by atoms with E-state index < -0.39 is 0 Å². The van der Waals surface area contributed by atoms with E-state index in [-0.39, 0.29) is 5.60 Å². The number of hydrogen-bond acceptors (Lipinski definition) is 1. The van der Waals surface area contributed by atoms with Gasteiger partial charge in [-0.25, -0.2) is 0 Å². The molecule has 0 saturated heterocycles. The average Bonchev–Trinajstić information content (AvgIpc) is 2.75. The van der Waals surface area contributed by atoms with E-state index in [0.717, 1.165) is 17.8 Å². The molecular formula is C18H28O. The monoisotopic (exact) mass is 260 g/mol. The quantitative estimate of drug-likeness (QED) is 0.751. The molecule has 6 fully saturated rings. The molecule has 0 aromatic carbocycles. The maximum atomic E-state index is 11.9. The molecule has 0 radical (unpaired) electrons. The van der Waals surface area contributed by atoms with Crippen LogP contribution in [0.2, 0.25) is 0 Å². The van der Waals surface area contributed by atoms with Gasteiger partial charge in [0.2, 0.25) is 0 Å². The minimum absolute atomic E-state index is 0.238. The third-order valence-electron chi connectivity index (χ3n) is 8.24. The Labute approximate surface area is 117 Å². The van der Waals surface area contributed by atoms with Crippen molar-refractivity contribution in [1.29, 1.82) is 0 Å². The molecule has 0 amide bonds.